The fourth-order valence-corrected chi connectivity index (χ4v) is 3.41. The van der Waals surface area contributed by atoms with Gasteiger partial charge in [-0.1, -0.05) is 12.1 Å². The first-order chi connectivity index (χ1) is 7.64. The molecule has 1 rings (SSSR count). The molecule has 0 bridgehead atoms. The second kappa shape index (κ2) is 4.56. The molecule has 0 saturated heterocycles. The Morgan fingerprint density at radius 3 is 2.00 bits per heavy atom. The molecular formula is C6H7NO8P2. The van der Waals surface area contributed by atoms with Crippen molar-refractivity contribution in [2.45, 2.75) is 0 Å². The van der Waals surface area contributed by atoms with Crippen LogP contribution in [0.1, 0.15) is 0 Å². The van der Waals surface area contributed by atoms with E-state index >= 15 is 0 Å². The van der Waals surface area contributed by atoms with E-state index in [2.05, 4.69) is 4.62 Å². The Morgan fingerprint density at radius 2 is 1.59 bits per heavy atom. The highest BCUT2D eigenvalue weighted by atomic mass is 31.2. The number of benzene rings is 1. The Balaban J connectivity index is 3.37. The number of hydrogen-bond donors (Lipinski definition) is 3. The lowest BCUT2D eigenvalue weighted by Crippen LogP contribution is -2.26. The largest absolute Gasteiger partial charge is 0.398 e. The van der Waals surface area contributed by atoms with Gasteiger partial charge in [-0.15, -0.1) is 10.1 Å². The van der Waals surface area contributed by atoms with Gasteiger partial charge in [-0.2, -0.15) is 0 Å². The maximum Gasteiger partial charge on any atom is 0.398 e. The molecule has 0 aliphatic rings. The van der Waals surface area contributed by atoms with E-state index in [0.717, 1.165) is 12.1 Å². The minimum Gasteiger partial charge on any atom is -0.322 e. The molecule has 0 fully saturated rings. The molecule has 17 heavy (non-hydrogen) atoms. The lowest BCUT2D eigenvalue weighted by molar-refractivity contribution is -0.715. The first-order valence-corrected chi connectivity index (χ1v) is 7.16. The highest BCUT2D eigenvalue weighted by molar-refractivity contribution is 7.67. The van der Waals surface area contributed by atoms with Crippen molar-refractivity contribution in [3.63, 3.8) is 0 Å². The third kappa shape index (κ3) is 3.36. The standard InChI is InChI=1S/C6H7NO8P2/c8-7(9)15-17(13,14)6-4-2-1-3-5(6)16(10,11)12/h1-4H,(H,13,14)(H2,10,11,12). The molecule has 0 amide bonds. The van der Waals surface area contributed by atoms with Crippen LogP contribution < -0.4 is 10.6 Å². The summed E-state index contributed by atoms with van der Waals surface area (Å²) in [6.45, 7) is 0. The molecule has 1 aromatic carbocycles. The molecule has 1 unspecified atom stereocenters. The smallest absolute Gasteiger partial charge is 0.322 e. The molecule has 0 aliphatic carbocycles. The second-order valence-corrected chi connectivity index (χ2v) is 6.11. The third-order valence-electron chi connectivity index (χ3n) is 1.68. The van der Waals surface area contributed by atoms with Crippen molar-refractivity contribution in [2.24, 2.45) is 0 Å². The molecule has 11 heteroatoms. The van der Waals surface area contributed by atoms with Crippen LogP contribution in [0.5, 0.6) is 0 Å². The summed E-state index contributed by atoms with van der Waals surface area (Å²) in [6, 6.07) is 4.17. The van der Waals surface area contributed by atoms with E-state index in [4.69, 9.17) is 9.79 Å². The van der Waals surface area contributed by atoms with Crippen LogP contribution in [0.15, 0.2) is 24.3 Å². The summed E-state index contributed by atoms with van der Waals surface area (Å²) < 4.78 is 26.0. The van der Waals surface area contributed by atoms with E-state index in [1.165, 1.54) is 12.1 Å². The van der Waals surface area contributed by atoms with Crippen LogP contribution in [-0.2, 0) is 13.8 Å². The van der Waals surface area contributed by atoms with Crippen LogP contribution in [0.3, 0.4) is 0 Å². The van der Waals surface area contributed by atoms with E-state index in [-0.39, 0.29) is 0 Å². The van der Waals surface area contributed by atoms with Crippen LogP contribution in [0.25, 0.3) is 0 Å². The Morgan fingerprint density at radius 1 is 1.12 bits per heavy atom. The average molecular weight is 283 g/mol. The molecule has 94 valence electrons. The van der Waals surface area contributed by atoms with E-state index in [1.807, 2.05) is 0 Å². The molecule has 0 aliphatic heterocycles. The van der Waals surface area contributed by atoms with E-state index < -0.39 is 30.9 Å². The van der Waals surface area contributed by atoms with E-state index in [9.17, 15) is 24.1 Å². The lowest BCUT2D eigenvalue weighted by atomic mass is 10.4. The Hall–Kier alpha value is -1.24. The Kier molecular flexibility index (Phi) is 3.71. The summed E-state index contributed by atoms with van der Waals surface area (Å²) in [7, 11) is -9.76. The summed E-state index contributed by atoms with van der Waals surface area (Å²) >= 11 is 0. The van der Waals surface area contributed by atoms with Crippen molar-refractivity contribution in [3.05, 3.63) is 34.4 Å². The molecule has 0 radical (unpaired) electrons. The Bertz CT molecular complexity index is 537. The van der Waals surface area contributed by atoms with Gasteiger partial charge in [-0.25, -0.2) is 4.62 Å². The molecule has 0 aromatic heterocycles. The molecule has 1 aromatic rings. The van der Waals surface area contributed by atoms with Gasteiger partial charge in [0.2, 0.25) is 0 Å². The highest BCUT2D eigenvalue weighted by Crippen LogP contribution is 2.44. The zero-order chi connectivity index (χ0) is 13.3. The van der Waals surface area contributed by atoms with Gasteiger partial charge in [-0.05, 0) is 12.1 Å². The van der Waals surface area contributed by atoms with Gasteiger partial charge in [-0.3, -0.25) is 9.13 Å². The van der Waals surface area contributed by atoms with Crippen LogP contribution in [0.4, 0.5) is 0 Å². The second-order valence-electron chi connectivity index (χ2n) is 2.86. The molecular weight excluding hydrogens is 276 g/mol. The molecule has 3 N–H and O–H groups in total. The fraction of sp³-hybridized carbons (Fsp3) is 0. The lowest BCUT2D eigenvalue weighted by Gasteiger charge is -2.13. The van der Waals surface area contributed by atoms with Gasteiger partial charge in [0.25, 0.3) is 0 Å². The minimum atomic E-state index is -4.93. The normalized spacial score (nSPS) is 15.0. The monoisotopic (exact) mass is 283 g/mol. The van der Waals surface area contributed by atoms with Crippen molar-refractivity contribution in [1.29, 1.82) is 0 Å². The molecule has 0 saturated carbocycles. The van der Waals surface area contributed by atoms with Crippen molar-refractivity contribution < 1.29 is 33.5 Å². The van der Waals surface area contributed by atoms with Crippen molar-refractivity contribution in [1.82, 2.24) is 0 Å². The van der Waals surface area contributed by atoms with Crippen LogP contribution >= 0.6 is 15.2 Å². The quantitative estimate of drug-likeness (QED) is 0.381. The Labute approximate surface area is 94.5 Å². The highest BCUT2D eigenvalue weighted by Gasteiger charge is 2.34. The first kappa shape index (κ1) is 13.8. The van der Waals surface area contributed by atoms with Crippen LogP contribution in [0, 0.1) is 10.1 Å². The summed E-state index contributed by atoms with van der Waals surface area (Å²) in [6.07, 6.45) is 0. The third-order valence-corrected chi connectivity index (χ3v) is 4.22. The number of rotatable bonds is 4. The van der Waals surface area contributed by atoms with Crippen LogP contribution in [-0.4, -0.2) is 19.8 Å². The average Bonchev–Trinajstić information content (AvgIpc) is 2.14. The van der Waals surface area contributed by atoms with Crippen LogP contribution in [0.2, 0.25) is 0 Å². The summed E-state index contributed by atoms with van der Waals surface area (Å²) in [5.74, 6) is 0. The zero-order valence-electron chi connectivity index (χ0n) is 8.03. The van der Waals surface area contributed by atoms with Gasteiger partial charge in [0.15, 0.2) is 0 Å². The fourth-order valence-electron chi connectivity index (χ4n) is 1.08. The van der Waals surface area contributed by atoms with Gasteiger partial charge in [0, 0.05) is 0 Å². The summed E-state index contributed by atoms with van der Waals surface area (Å²) in [5, 5.41) is 6.92. The number of nitrogens with zero attached hydrogens (tertiary/aromatic N) is 1. The zero-order valence-corrected chi connectivity index (χ0v) is 9.82. The van der Waals surface area contributed by atoms with Gasteiger partial charge in [0.1, 0.15) is 0 Å². The maximum atomic E-state index is 11.4. The summed E-state index contributed by atoms with van der Waals surface area (Å²) in [5.41, 5.74) is 0. The summed E-state index contributed by atoms with van der Waals surface area (Å²) in [4.78, 5) is 37.1. The van der Waals surface area contributed by atoms with Gasteiger partial charge in [0.05, 0.1) is 10.6 Å². The molecule has 0 heterocycles. The molecule has 1 atom stereocenters. The van der Waals surface area contributed by atoms with E-state index in [0.29, 0.717) is 0 Å². The number of hydrogen-bond acceptors (Lipinski definition) is 5. The van der Waals surface area contributed by atoms with Crippen molar-refractivity contribution in [2.75, 3.05) is 0 Å². The van der Waals surface area contributed by atoms with Gasteiger partial charge < -0.3 is 14.7 Å². The van der Waals surface area contributed by atoms with Crippen molar-refractivity contribution >= 4 is 25.8 Å². The first-order valence-electron chi connectivity index (χ1n) is 3.97. The van der Waals surface area contributed by atoms with Gasteiger partial charge >= 0.3 is 20.3 Å². The topological polar surface area (TPSA) is 147 Å². The maximum absolute atomic E-state index is 11.4. The predicted molar refractivity (Wildman–Crippen MR) is 55.7 cm³/mol. The van der Waals surface area contributed by atoms with Crippen molar-refractivity contribution in [3.8, 4) is 0 Å². The predicted octanol–water partition coefficient (Wildman–Crippen LogP) is -0.491. The molecule has 9 nitrogen and oxygen atoms in total. The minimum absolute atomic E-state index is 0.785. The SMILES string of the molecule is O=[N+]([O-])OP(=O)(O)c1ccccc1P(=O)(O)O. The van der Waals surface area contributed by atoms with E-state index in [1.54, 1.807) is 0 Å². The molecule has 0 spiro atoms.